The molecule has 1 fully saturated rings. The molecule has 0 radical (unpaired) electrons. The number of nitrogens with zero attached hydrogens (tertiary/aromatic N) is 2. The number of halogens is 1. The predicted octanol–water partition coefficient (Wildman–Crippen LogP) is 2.48. The van der Waals surface area contributed by atoms with Gasteiger partial charge in [0.15, 0.2) is 0 Å². The minimum Gasteiger partial charge on any atom is -0.348 e. The first-order valence-corrected chi connectivity index (χ1v) is 7.24. The quantitative estimate of drug-likeness (QED) is 0.660. The Hall–Kier alpha value is -0.590. The van der Waals surface area contributed by atoms with Crippen LogP contribution in [-0.4, -0.2) is 21.7 Å². The van der Waals surface area contributed by atoms with Crippen molar-refractivity contribution < 1.29 is 4.79 Å². The summed E-state index contributed by atoms with van der Waals surface area (Å²) in [6.45, 7) is 0. The van der Waals surface area contributed by atoms with Gasteiger partial charge in [-0.05, 0) is 35.4 Å². The molecule has 1 saturated carbocycles. The summed E-state index contributed by atoms with van der Waals surface area (Å²) in [7, 11) is 1.81. The summed E-state index contributed by atoms with van der Waals surface area (Å²) < 4.78 is 2.56. The van der Waals surface area contributed by atoms with Crippen molar-refractivity contribution in [1.82, 2.24) is 15.1 Å². The number of hydrogen-bond acceptors (Lipinski definition) is 2. The standard InChI is InChI=1S/C12H18IN3O/c1-16-11(10(13)8-14-16)12(17)15-9-6-4-2-3-5-7-9/h8-9H,2-7H2,1H3,(H,15,17). The van der Waals surface area contributed by atoms with Crippen molar-refractivity contribution in [3.8, 4) is 0 Å². The average molecular weight is 347 g/mol. The fourth-order valence-corrected chi connectivity index (χ4v) is 3.06. The van der Waals surface area contributed by atoms with E-state index in [0.29, 0.717) is 11.7 Å². The second kappa shape index (κ2) is 5.84. The maximum Gasteiger partial charge on any atom is 0.270 e. The minimum atomic E-state index is 0.0151. The van der Waals surface area contributed by atoms with Gasteiger partial charge in [0.2, 0.25) is 0 Å². The van der Waals surface area contributed by atoms with Gasteiger partial charge < -0.3 is 5.32 Å². The van der Waals surface area contributed by atoms with Crippen LogP contribution in [-0.2, 0) is 7.05 Å². The van der Waals surface area contributed by atoms with Crippen molar-refractivity contribution >= 4 is 28.5 Å². The second-order valence-electron chi connectivity index (χ2n) is 4.63. The number of amides is 1. The van der Waals surface area contributed by atoms with Crippen molar-refractivity contribution in [2.45, 2.75) is 44.6 Å². The molecule has 0 aromatic carbocycles. The predicted molar refractivity (Wildman–Crippen MR) is 74.9 cm³/mol. The molecule has 0 unspecified atom stereocenters. The van der Waals surface area contributed by atoms with Crippen LogP contribution in [0.25, 0.3) is 0 Å². The number of carbonyl (C=O) groups excluding carboxylic acids is 1. The molecular weight excluding hydrogens is 329 g/mol. The second-order valence-corrected chi connectivity index (χ2v) is 5.79. The Morgan fingerprint density at radius 2 is 2.06 bits per heavy atom. The van der Waals surface area contributed by atoms with Gasteiger partial charge in [-0.1, -0.05) is 25.7 Å². The van der Waals surface area contributed by atoms with Gasteiger partial charge in [0, 0.05) is 13.1 Å². The van der Waals surface area contributed by atoms with Crippen LogP contribution in [0.15, 0.2) is 6.20 Å². The number of rotatable bonds is 2. The maximum absolute atomic E-state index is 12.2. The molecule has 2 rings (SSSR count). The molecule has 1 N–H and O–H groups in total. The first-order chi connectivity index (χ1) is 8.18. The normalized spacial score (nSPS) is 17.8. The summed E-state index contributed by atoms with van der Waals surface area (Å²) in [5.74, 6) is 0.0151. The van der Waals surface area contributed by atoms with E-state index in [2.05, 4.69) is 33.0 Å². The third-order valence-corrected chi connectivity index (χ3v) is 4.09. The summed E-state index contributed by atoms with van der Waals surface area (Å²) in [4.78, 5) is 12.2. The molecule has 0 saturated heterocycles. The average Bonchev–Trinajstić information content (AvgIpc) is 2.53. The Balaban J connectivity index is 2.01. The Kier molecular flexibility index (Phi) is 4.42. The van der Waals surface area contributed by atoms with Crippen LogP contribution in [0.4, 0.5) is 0 Å². The highest BCUT2D eigenvalue weighted by Gasteiger charge is 2.19. The topological polar surface area (TPSA) is 46.9 Å². The number of aromatic nitrogens is 2. The highest BCUT2D eigenvalue weighted by Crippen LogP contribution is 2.18. The van der Waals surface area contributed by atoms with E-state index in [4.69, 9.17) is 0 Å². The fraction of sp³-hybridized carbons (Fsp3) is 0.667. The van der Waals surface area contributed by atoms with Crippen LogP contribution in [0.5, 0.6) is 0 Å². The van der Waals surface area contributed by atoms with E-state index in [1.54, 1.807) is 10.9 Å². The molecule has 0 bridgehead atoms. The smallest absolute Gasteiger partial charge is 0.270 e. The van der Waals surface area contributed by atoms with Gasteiger partial charge in [0.25, 0.3) is 5.91 Å². The Morgan fingerprint density at radius 1 is 1.41 bits per heavy atom. The highest BCUT2D eigenvalue weighted by atomic mass is 127. The van der Waals surface area contributed by atoms with Crippen LogP contribution in [0, 0.1) is 3.57 Å². The van der Waals surface area contributed by atoms with Gasteiger partial charge in [-0.25, -0.2) is 0 Å². The summed E-state index contributed by atoms with van der Waals surface area (Å²) in [5.41, 5.74) is 0.676. The lowest BCUT2D eigenvalue weighted by molar-refractivity contribution is 0.0923. The van der Waals surface area contributed by atoms with Gasteiger partial charge in [0.1, 0.15) is 5.69 Å². The van der Waals surface area contributed by atoms with Crippen molar-refractivity contribution in [3.63, 3.8) is 0 Å². The first kappa shape index (κ1) is 12.9. The van der Waals surface area contributed by atoms with Gasteiger partial charge in [-0.3, -0.25) is 9.48 Å². The van der Waals surface area contributed by atoms with E-state index >= 15 is 0 Å². The summed E-state index contributed by atoms with van der Waals surface area (Å²) in [6, 6.07) is 0.343. The molecule has 1 heterocycles. The first-order valence-electron chi connectivity index (χ1n) is 6.17. The monoisotopic (exact) mass is 347 g/mol. The molecule has 94 valence electrons. The van der Waals surface area contributed by atoms with Crippen molar-refractivity contribution in [2.75, 3.05) is 0 Å². The van der Waals surface area contributed by atoms with Crippen molar-refractivity contribution in [2.24, 2.45) is 7.05 Å². The lowest BCUT2D eigenvalue weighted by Crippen LogP contribution is -2.35. The summed E-state index contributed by atoms with van der Waals surface area (Å²) in [5, 5.41) is 7.24. The highest BCUT2D eigenvalue weighted by molar-refractivity contribution is 14.1. The minimum absolute atomic E-state index is 0.0151. The molecular formula is C12H18IN3O. The third kappa shape index (κ3) is 3.20. The number of nitrogens with one attached hydrogen (secondary N) is 1. The van der Waals surface area contributed by atoms with Crippen LogP contribution < -0.4 is 5.32 Å². The van der Waals surface area contributed by atoms with E-state index in [1.807, 2.05) is 7.05 Å². The molecule has 1 aromatic heterocycles. The van der Waals surface area contributed by atoms with E-state index in [1.165, 1.54) is 25.7 Å². The van der Waals surface area contributed by atoms with E-state index in [9.17, 15) is 4.79 Å². The lowest BCUT2D eigenvalue weighted by atomic mass is 10.1. The zero-order valence-corrected chi connectivity index (χ0v) is 12.2. The Morgan fingerprint density at radius 3 is 2.59 bits per heavy atom. The molecule has 1 aliphatic carbocycles. The molecule has 1 aliphatic rings. The van der Waals surface area contributed by atoms with E-state index in [-0.39, 0.29) is 5.91 Å². The molecule has 5 heteroatoms. The van der Waals surface area contributed by atoms with Gasteiger partial charge in [-0.2, -0.15) is 5.10 Å². The fourth-order valence-electron chi connectivity index (χ4n) is 2.34. The SMILES string of the molecule is Cn1ncc(I)c1C(=O)NC1CCCCCC1. The molecule has 1 amide bonds. The van der Waals surface area contributed by atoms with Gasteiger partial charge in [-0.15, -0.1) is 0 Å². The largest absolute Gasteiger partial charge is 0.348 e. The Labute approximate surface area is 115 Å². The number of hydrogen-bond donors (Lipinski definition) is 1. The van der Waals surface area contributed by atoms with Crippen LogP contribution >= 0.6 is 22.6 Å². The zero-order valence-electron chi connectivity index (χ0n) is 10.1. The molecule has 17 heavy (non-hydrogen) atoms. The van der Waals surface area contributed by atoms with Crippen molar-refractivity contribution in [3.05, 3.63) is 15.5 Å². The molecule has 0 aliphatic heterocycles. The van der Waals surface area contributed by atoms with Crippen LogP contribution in [0.3, 0.4) is 0 Å². The molecule has 4 nitrogen and oxygen atoms in total. The van der Waals surface area contributed by atoms with E-state index in [0.717, 1.165) is 16.4 Å². The van der Waals surface area contributed by atoms with Crippen molar-refractivity contribution in [1.29, 1.82) is 0 Å². The lowest BCUT2D eigenvalue weighted by Gasteiger charge is -2.16. The third-order valence-electron chi connectivity index (χ3n) is 3.30. The number of aryl methyl sites for hydroxylation is 1. The maximum atomic E-state index is 12.2. The molecule has 1 aromatic rings. The van der Waals surface area contributed by atoms with Crippen LogP contribution in [0.1, 0.15) is 49.0 Å². The molecule has 0 spiro atoms. The van der Waals surface area contributed by atoms with Gasteiger partial charge >= 0.3 is 0 Å². The van der Waals surface area contributed by atoms with Gasteiger partial charge in [0.05, 0.1) is 9.77 Å². The van der Waals surface area contributed by atoms with Crippen LogP contribution in [0.2, 0.25) is 0 Å². The zero-order chi connectivity index (χ0) is 12.3. The number of carbonyl (C=O) groups is 1. The van der Waals surface area contributed by atoms with E-state index < -0.39 is 0 Å². The molecule has 0 atom stereocenters. The summed E-state index contributed by atoms with van der Waals surface area (Å²) >= 11 is 2.15. The Bertz CT molecular complexity index is 375. The summed E-state index contributed by atoms with van der Waals surface area (Å²) in [6.07, 6.45) is 9.01.